The number of anilines is 1. The molecule has 0 bridgehead atoms. The molecule has 1 aromatic carbocycles. The first-order chi connectivity index (χ1) is 17.5. The first-order valence-electron chi connectivity index (χ1n) is 12.5. The Hall–Kier alpha value is -3.33. The molecule has 1 N–H and O–H groups in total. The number of aromatic nitrogens is 6. The topological polar surface area (TPSA) is 98.5 Å². The highest BCUT2D eigenvalue weighted by atomic mass is 32.2. The Labute approximate surface area is 214 Å². The third-order valence-electron chi connectivity index (χ3n) is 7.06. The van der Waals surface area contributed by atoms with Gasteiger partial charge in [-0.25, -0.2) is 24.9 Å². The number of aryl methyl sites for hydroxylation is 1. The molecule has 8 nitrogen and oxygen atoms in total. The summed E-state index contributed by atoms with van der Waals surface area (Å²) in [6, 6.07) is 8.40. The molecule has 0 atom stereocenters. The molecule has 0 unspecified atom stereocenters. The highest BCUT2D eigenvalue weighted by molar-refractivity contribution is 7.99. The normalized spacial score (nSPS) is 16.3. The molecule has 36 heavy (non-hydrogen) atoms. The minimum absolute atomic E-state index is 0.145. The van der Waals surface area contributed by atoms with Gasteiger partial charge in [-0.15, -0.1) is 11.8 Å². The van der Waals surface area contributed by atoms with Gasteiger partial charge in [-0.3, -0.25) is 9.36 Å². The van der Waals surface area contributed by atoms with E-state index in [-0.39, 0.29) is 11.1 Å². The Morgan fingerprint density at radius 1 is 1.11 bits per heavy atom. The van der Waals surface area contributed by atoms with E-state index < -0.39 is 0 Å². The number of nitrogens with zero attached hydrogens (tertiary/aromatic N) is 6. The van der Waals surface area contributed by atoms with Crippen molar-refractivity contribution in [1.82, 2.24) is 29.5 Å². The summed E-state index contributed by atoms with van der Waals surface area (Å²) in [5.41, 5.74) is 4.60. The molecule has 0 amide bonds. The fourth-order valence-corrected chi connectivity index (χ4v) is 5.27. The molecule has 0 spiro atoms. The first-order valence-corrected chi connectivity index (χ1v) is 13.5. The van der Waals surface area contributed by atoms with Gasteiger partial charge >= 0.3 is 0 Å². The molecule has 4 aromatic rings. The Morgan fingerprint density at radius 2 is 1.89 bits per heavy atom. The monoisotopic (exact) mass is 499 g/mol. The Bertz CT molecular complexity index is 1510. The summed E-state index contributed by atoms with van der Waals surface area (Å²) in [6.45, 7) is 6.73. The Kier molecular flexibility index (Phi) is 5.75. The van der Waals surface area contributed by atoms with E-state index in [0.29, 0.717) is 35.3 Å². The van der Waals surface area contributed by atoms with Crippen LogP contribution in [0.4, 0.5) is 5.82 Å². The molecular formula is C27H29N7OS. The van der Waals surface area contributed by atoms with Crippen LogP contribution in [0.3, 0.4) is 0 Å². The zero-order chi connectivity index (χ0) is 24.9. The van der Waals surface area contributed by atoms with Gasteiger partial charge in [-0.05, 0) is 63.0 Å². The standard InChI is InChI=1S/C27H29N7OS/c1-4-36-19-9-5-17(6-10-19)13-28-24-26(35)34(27(3)11-12-27)25-20(32-24)14-29-23(33-25)21-16(2)30-15-31-22(21)18-7-8-18/h5-6,9-10,14-15,18H,4,7-8,11-13H2,1-3H3,(H,28,32). The smallest absolute Gasteiger partial charge is 0.295 e. The van der Waals surface area contributed by atoms with E-state index in [1.165, 1.54) is 4.90 Å². The molecule has 2 fully saturated rings. The molecule has 2 aliphatic rings. The molecule has 3 aromatic heterocycles. The summed E-state index contributed by atoms with van der Waals surface area (Å²) in [5.74, 6) is 2.37. The van der Waals surface area contributed by atoms with Crippen molar-refractivity contribution in [1.29, 1.82) is 0 Å². The molecule has 3 heterocycles. The van der Waals surface area contributed by atoms with Crippen LogP contribution in [-0.2, 0) is 12.1 Å². The van der Waals surface area contributed by atoms with Crippen LogP contribution in [0.5, 0.6) is 0 Å². The van der Waals surface area contributed by atoms with Gasteiger partial charge in [-0.1, -0.05) is 19.1 Å². The van der Waals surface area contributed by atoms with E-state index in [2.05, 4.69) is 63.4 Å². The lowest BCUT2D eigenvalue weighted by molar-refractivity contribution is 0.527. The van der Waals surface area contributed by atoms with Crippen LogP contribution < -0.4 is 10.9 Å². The van der Waals surface area contributed by atoms with Crippen molar-refractivity contribution in [2.24, 2.45) is 0 Å². The number of hydrogen-bond donors (Lipinski definition) is 1. The van der Waals surface area contributed by atoms with Crippen molar-refractivity contribution in [3.8, 4) is 11.4 Å². The SMILES string of the molecule is CCSc1ccc(CNc2nc3cnc(-c4c(C)ncnc4C4CC4)nc3n(C3(C)CC3)c2=O)cc1. The largest absolute Gasteiger partial charge is 0.361 e. The van der Waals surface area contributed by atoms with E-state index in [1.54, 1.807) is 12.5 Å². The molecule has 2 saturated carbocycles. The van der Waals surface area contributed by atoms with Crippen LogP contribution in [0.2, 0.25) is 0 Å². The van der Waals surface area contributed by atoms with Crippen LogP contribution in [0.1, 0.15) is 62.4 Å². The summed E-state index contributed by atoms with van der Waals surface area (Å²) in [4.78, 5) is 38.1. The van der Waals surface area contributed by atoms with Crippen molar-refractivity contribution in [3.63, 3.8) is 0 Å². The van der Waals surface area contributed by atoms with E-state index in [4.69, 9.17) is 4.98 Å². The summed E-state index contributed by atoms with van der Waals surface area (Å²) >= 11 is 1.81. The van der Waals surface area contributed by atoms with Crippen molar-refractivity contribution in [2.75, 3.05) is 11.1 Å². The molecule has 2 aliphatic carbocycles. The fraction of sp³-hybridized carbons (Fsp3) is 0.407. The van der Waals surface area contributed by atoms with Gasteiger partial charge in [0.25, 0.3) is 5.56 Å². The minimum atomic E-state index is -0.263. The van der Waals surface area contributed by atoms with Gasteiger partial charge in [0.1, 0.15) is 11.8 Å². The van der Waals surface area contributed by atoms with Crippen LogP contribution in [-0.4, -0.2) is 35.2 Å². The number of fused-ring (bicyclic) bond motifs is 1. The maximum Gasteiger partial charge on any atom is 0.295 e. The number of nitrogens with one attached hydrogen (secondary N) is 1. The summed E-state index contributed by atoms with van der Waals surface area (Å²) in [6.07, 6.45) is 7.45. The maximum atomic E-state index is 13.7. The predicted molar refractivity (Wildman–Crippen MR) is 142 cm³/mol. The first kappa shape index (κ1) is 23.1. The van der Waals surface area contributed by atoms with Gasteiger partial charge < -0.3 is 5.32 Å². The summed E-state index contributed by atoms with van der Waals surface area (Å²) in [7, 11) is 0. The second-order valence-electron chi connectivity index (χ2n) is 9.92. The van der Waals surface area contributed by atoms with Crippen molar-refractivity contribution >= 4 is 28.7 Å². The van der Waals surface area contributed by atoms with E-state index >= 15 is 0 Å². The predicted octanol–water partition coefficient (Wildman–Crippen LogP) is 5.06. The van der Waals surface area contributed by atoms with Crippen molar-refractivity contribution < 1.29 is 0 Å². The van der Waals surface area contributed by atoms with Crippen LogP contribution in [0.25, 0.3) is 22.6 Å². The van der Waals surface area contributed by atoms with Gasteiger partial charge in [0.15, 0.2) is 17.3 Å². The minimum Gasteiger partial charge on any atom is -0.361 e. The Balaban J connectivity index is 1.40. The zero-order valence-corrected chi connectivity index (χ0v) is 21.6. The Morgan fingerprint density at radius 3 is 2.58 bits per heavy atom. The maximum absolute atomic E-state index is 13.7. The zero-order valence-electron chi connectivity index (χ0n) is 20.8. The third kappa shape index (κ3) is 4.25. The lowest BCUT2D eigenvalue weighted by Crippen LogP contribution is -2.32. The second kappa shape index (κ2) is 8.96. The van der Waals surface area contributed by atoms with Gasteiger partial charge in [0.2, 0.25) is 0 Å². The third-order valence-corrected chi connectivity index (χ3v) is 7.96. The number of thioether (sulfide) groups is 1. The lowest BCUT2D eigenvalue weighted by Gasteiger charge is -2.18. The summed E-state index contributed by atoms with van der Waals surface area (Å²) in [5, 5.41) is 3.27. The van der Waals surface area contributed by atoms with E-state index in [1.807, 2.05) is 23.3 Å². The molecular weight excluding hydrogens is 470 g/mol. The number of benzene rings is 1. The molecule has 184 valence electrons. The molecule has 6 rings (SSSR count). The van der Waals surface area contributed by atoms with E-state index in [9.17, 15) is 4.79 Å². The average Bonchev–Trinajstić information content (AvgIpc) is 3.81. The highest BCUT2D eigenvalue weighted by Gasteiger charge is 2.42. The molecule has 0 saturated heterocycles. The van der Waals surface area contributed by atoms with Gasteiger partial charge in [0.05, 0.1) is 23.1 Å². The molecule has 0 radical (unpaired) electrons. The van der Waals surface area contributed by atoms with Crippen LogP contribution in [0, 0.1) is 6.92 Å². The highest BCUT2D eigenvalue weighted by Crippen LogP contribution is 2.45. The average molecular weight is 500 g/mol. The molecule has 0 aliphatic heterocycles. The quantitative estimate of drug-likeness (QED) is 0.336. The second-order valence-corrected chi connectivity index (χ2v) is 11.3. The molecule has 9 heteroatoms. The lowest BCUT2D eigenvalue weighted by atomic mass is 10.1. The number of hydrogen-bond acceptors (Lipinski definition) is 8. The van der Waals surface area contributed by atoms with E-state index in [0.717, 1.165) is 54.0 Å². The van der Waals surface area contributed by atoms with Crippen LogP contribution in [0.15, 0.2) is 46.5 Å². The van der Waals surface area contributed by atoms with Crippen molar-refractivity contribution in [3.05, 3.63) is 64.1 Å². The fourth-order valence-electron chi connectivity index (χ4n) is 4.61. The van der Waals surface area contributed by atoms with Crippen LogP contribution >= 0.6 is 11.8 Å². The van der Waals surface area contributed by atoms with Crippen molar-refractivity contribution in [2.45, 2.75) is 69.4 Å². The summed E-state index contributed by atoms with van der Waals surface area (Å²) < 4.78 is 1.82. The number of rotatable bonds is 8. The van der Waals surface area contributed by atoms with Gasteiger partial charge in [-0.2, -0.15) is 0 Å². The van der Waals surface area contributed by atoms with Gasteiger partial charge in [0, 0.05) is 22.9 Å².